The van der Waals surface area contributed by atoms with Gasteiger partial charge < -0.3 is 9.32 Å². The first-order valence-electron chi connectivity index (χ1n) is 8.31. The number of hydrogen-bond acceptors (Lipinski definition) is 5. The van der Waals surface area contributed by atoms with E-state index < -0.39 is 0 Å². The summed E-state index contributed by atoms with van der Waals surface area (Å²) in [7, 11) is 0. The zero-order valence-electron chi connectivity index (χ0n) is 14.6. The highest BCUT2D eigenvalue weighted by atomic mass is 16.4. The predicted octanol–water partition coefficient (Wildman–Crippen LogP) is 2.87. The molecule has 0 fully saturated rings. The second-order valence-corrected chi connectivity index (χ2v) is 5.94. The average molecular weight is 339 g/mol. The molecule has 2 heterocycles. The molecule has 0 N–H and O–H groups in total. The van der Waals surface area contributed by atoms with Gasteiger partial charge in [0.25, 0.3) is 5.91 Å². The van der Waals surface area contributed by atoms with Crippen molar-refractivity contribution >= 4 is 5.91 Å². The van der Waals surface area contributed by atoms with Crippen molar-refractivity contribution in [2.45, 2.75) is 39.8 Å². The Kier molecular flexibility index (Phi) is 4.92. The van der Waals surface area contributed by atoms with E-state index in [-0.39, 0.29) is 18.5 Å². The van der Waals surface area contributed by atoms with E-state index in [1.807, 2.05) is 51.2 Å². The van der Waals surface area contributed by atoms with E-state index in [9.17, 15) is 4.79 Å². The van der Waals surface area contributed by atoms with Crippen LogP contribution in [-0.2, 0) is 13.0 Å². The molecule has 3 rings (SSSR count). The van der Waals surface area contributed by atoms with Crippen molar-refractivity contribution < 1.29 is 9.21 Å². The molecular formula is C18H21N5O2. The van der Waals surface area contributed by atoms with Crippen LogP contribution in [0.5, 0.6) is 0 Å². The van der Waals surface area contributed by atoms with Crippen LogP contribution < -0.4 is 0 Å². The maximum atomic E-state index is 13.2. The minimum absolute atomic E-state index is 0.0184. The molecule has 0 aliphatic rings. The van der Waals surface area contributed by atoms with E-state index >= 15 is 0 Å². The van der Waals surface area contributed by atoms with Gasteiger partial charge >= 0.3 is 0 Å². The van der Waals surface area contributed by atoms with E-state index in [4.69, 9.17) is 4.42 Å². The second-order valence-electron chi connectivity index (χ2n) is 5.94. The molecule has 130 valence electrons. The molecule has 7 heteroatoms. The van der Waals surface area contributed by atoms with E-state index in [0.29, 0.717) is 23.8 Å². The molecule has 0 radical (unpaired) electrons. The molecule has 2 aromatic heterocycles. The van der Waals surface area contributed by atoms with E-state index in [0.717, 1.165) is 5.69 Å². The van der Waals surface area contributed by atoms with Crippen LogP contribution in [0.15, 0.2) is 47.1 Å². The third-order valence-electron chi connectivity index (χ3n) is 3.89. The fourth-order valence-electron chi connectivity index (χ4n) is 2.55. The van der Waals surface area contributed by atoms with Crippen molar-refractivity contribution in [2.24, 2.45) is 0 Å². The minimum Gasteiger partial charge on any atom is -0.423 e. The molecular weight excluding hydrogens is 318 g/mol. The summed E-state index contributed by atoms with van der Waals surface area (Å²) in [6.07, 6.45) is 4.17. The monoisotopic (exact) mass is 339 g/mol. The molecule has 0 aliphatic heterocycles. The SMILES string of the molecule is CCc1nnc(CN(C(=O)c2ccccc2-n2cccn2)C(C)C)o1. The number of carbonyl (C=O) groups excluding carboxylic acids is 1. The summed E-state index contributed by atoms with van der Waals surface area (Å²) in [5.41, 5.74) is 1.32. The van der Waals surface area contributed by atoms with Gasteiger partial charge in [0.05, 0.1) is 17.8 Å². The molecule has 0 bridgehead atoms. The first-order valence-corrected chi connectivity index (χ1v) is 8.31. The first kappa shape index (κ1) is 16.9. The lowest BCUT2D eigenvalue weighted by Crippen LogP contribution is -2.37. The highest BCUT2D eigenvalue weighted by molar-refractivity contribution is 5.97. The summed E-state index contributed by atoms with van der Waals surface area (Å²) in [6.45, 7) is 6.15. The summed E-state index contributed by atoms with van der Waals surface area (Å²) < 4.78 is 7.26. The van der Waals surface area contributed by atoms with Crippen molar-refractivity contribution in [1.82, 2.24) is 24.9 Å². The maximum absolute atomic E-state index is 13.2. The number of nitrogens with zero attached hydrogens (tertiary/aromatic N) is 5. The number of para-hydroxylation sites is 1. The molecule has 1 aromatic carbocycles. The Morgan fingerprint density at radius 2 is 1.96 bits per heavy atom. The molecule has 0 spiro atoms. The Morgan fingerprint density at radius 1 is 1.20 bits per heavy atom. The van der Waals surface area contributed by atoms with Crippen molar-refractivity contribution in [3.05, 3.63) is 60.1 Å². The van der Waals surface area contributed by atoms with Gasteiger partial charge in [0, 0.05) is 24.9 Å². The van der Waals surface area contributed by atoms with Gasteiger partial charge in [0.15, 0.2) is 0 Å². The van der Waals surface area contributed by atoms with Gasteiger partial charge in [-0.05, 0) is 32.0 Å². The lowest BCUT2D eigenvalue weighted by atomic mass is 10.1. The van der Waals surface area contributed by atoms with Crippen molar-refractivity contribution in [3.63, 3.8) is 0 Å². The van der Waals surface area contributed by atoms with Crippen LogP contribution in [0.2, 0.25) is 0 Å². The lowest BCUT2D eigenvalue weighted by molar-refractivity contribution is 0.0671. The van der Waals surface area contributed by atoms with E-state index in [1.165, 1.54) is 0 Å². The molecule has 0 saturated heterocycles. The van der Waals surface area contributed by atoms with Crippen molar-refractivity contribution in [1.29, 1.82) is 0 Å². The maximum Gasteiger partial charge on any atom is 0.256 e. The van der Waals surface area contributed by atoms with Crippen LogP contribution in [-0.4, -0.2) is 36.8 Å². The molecule has 0 aliphatic carbocycles. The molecule has 7 nitrogen and oxygen atoms in total. The number of benzene rings is 1. The fraction of sp³-hybridized carbons (Fsp3) is 0.333. The first-order chi connectivity index (χ1) is 12.1. The van der Waals surface area contributed by atoms with E-state index in [2.05, 4.69) is 15.3 Å². The largest absolute Gasteiger partial charge is 0.423 e. The van der Waals surface area contributed by atoms with Crippen molar-refractivity contribution in [2.75, 3.05) is 0 Å². The Morgan fingerprint density at radius 3 is 2.60 bits per heavy atom. The Hall–Kier alpha value is -2.96. The quantitative estimate of drug-likeness (QED) is 0.690. The zero-order chi connectivity index (χ0) is 17.8. The Bertz CT molecular complexity index is 839. The molecule has 25 heavy (non-hydrogen) atoms. The summed E-state index contributed by atoms with van der Waals surface area (Å²) in [5, 5.41) is 12.2. The third-order valence-corrected chi connectivity index (χ3v) is 3.89. The molecule has 0 unspecified atom stereocenters. The van der Waals surface area contributed by atoms with Crippen LogP contribution in [0, 0.1) is 0 Å². The van der Waals surface area contributed by atoms with Gasteiger partial charge in [0.2, 0.25) is 11.8 Å². The number of hydrogen-bond donors (Lipinski definition) is 0. The second kappa shape index (κ2) is 7.29. The lowest BCUT2D eigenvalue weighted by Gasteiger charge is -2.26. The zero-order valence-corrected chi connectivity index (χ0v) is 14.6. The standard InChI is InChI=1S/C18H21N5O2/c1-4-16-20-21-17(25-16)12-22(13(2)3)18(24)14-8-5-6-9-15(14)23-11-7-10-19-23/h5-11,13H,4,12H2,1-3H3. The highest BCUT2D eigenvalue weighted by Gasteiger charge is 2.24. The van der Waals surface area contributed by atoms with Crippen LogP contribution in [0.25, 0.3) is 5.69 Å². The summed E-state index contributed by atoms with van der Waals surface area (Å²) in [6, 6.07) is 9.22. The van der Waals surface area contributed by atoms with Gasteiger partial charge in [-0.2, -0.15) is 5.10 Å². The van der Waals surface area contributed by atoms with Gasteiger partial charge in [-0.15, -0.1) is 10.2 Å². The van der Waals surface area contributed by atoms with Crippen LogP contribution in [0.4, 0.5) is 0 Å². The molecule has 0 saturated carbocycles. The van der Waals surface area contributed by atoms with Crippen LogP contribution in [0.1, 0.15) is 42.9 Å². The third kappa shape index (κ3) is 3.60. The van der Waals surface area contributed by atoms with Gasteiger partial charge in [-0.3, -0.25) is 4.79 Å². The topological polar surface area (TPSA) is 77.1 Å². The number of carbonyl (C=O) groups is 1. The normalized spacial score (nSPS) is 11.0. The smallest absolute Gasteiger partial charge is 0.256 e. The van der Waals surface area contributed by atoms with E-state index in [1.54, 1.807) is 21.8 Å². The fourth-order valence-corrected chi connectivity index (χ4v) is 2.55. The van der Waals surface area contributed by atoms with Crippen molar-refractivity contribution in [3.8, 4) is 5.69 Å². The predicted molar refractivity (Wildman–Crippen MR) is 92.2 cm³/mol. The number of amides is 1. The summed E-state index contributed by atoms with van der Waals surface area (Å²) in [4.78, 5) is 14.9. The van der Waals surface area contributed by atoms with Crippen LogP contribution in [0.3, 0.4) is 0 Å². The summed E-state index contributed by atoms with van der Waals surface area (Å²) >= 11 is 0. The number of aromatic nitrogens is 4. The van der Waals surface area contributed by atoms with Crippen LogP contribution >= 0.6 is 0 Å². The molecule has 1 amide bonds. The van der Waals surface area contributed by atoms with Gasteiger partial charge in [-0.1, -0.05) is 19.1 Å². The average Bonchev–Trinajstić information content (AvgIpc) is 3.30. The molecule has 0 atom stereocenters. The summed E-state index contributed by atoms with van der Waals surface area (Å²) in [5.74, 6) is 0.913. The van der Waals surface area contributed by atoms with Gasteiger partial charge in [0.1, 0.15) is 0 Å². The Balaban J connectivity index is 1.91. The number of rotatable bonds is 6. The number of aryl methyl sites for hydroxylation is 1. The minimum atomic E-state index is -0.0997. The molecule has 3 aromatic rings. The highest BCUT2D eigenvalue weighted by Crippen LogP contribution is 2.19. The Labute approximate surface area is 146 Å². The van der Waals surface area contributed by atoms with Gasteiger partial charge in [-0.25, -0.2) is 4.68 Å².